The molecule has 0 heterocycles. The number of carbonyl (C=O) groups excluding carboxylic acids is 1. The summed E-state index contributed by atoms with van der Waals surface area (Å²) in [4.78, 5) is 13.1. The summed E-state index contributed by atoms with van der Waals surface area (Å²) in [5.74, 6) is 3.84. The number of benzene rings is 1. The second-order valence-corrected chi connectivity index (χ2v) is 17.5. The summed E-state index contributed by atoms with van der Waals surface area (Å²) in [6.45, 7) is 21.7. The lowest BCUT2D eigenvalue weighted by atomic mass is 9.41. The molecule has 1 aromatic carbocycles. The quantitative estimate of drug-likeness (QED) is 0.170. The lowest BCUT2D eigenvalue weighted by molar-refractivity contribution is -0.179. The number of aromatic hydroxyl groups is 1. The van der Waals surface area contributed by atoms with Crippen molar-refractivity contribution in [3.8, 4) is 11.5 Å². The van der Waals surface area contributed by atoms with Crippen LogP contribution in [0.2, 0.25) is 0 Å². The molecule has 1 aromatic rings. The number of methoxy groups -OCH3 is 1. The Morgan fingerprint density at radius 3 is 2.40 bits per heavy atom. The first kappa shape index (κ1) is 32.7. The summed E-state index contributed by atoms with van der Waals surface area (Å²) in [5.41, 5.74) is 3.99. The predicted molar refractivity (Wildman–Crippen MR) is 183 cm³/mol. The Labute approximate surface area is 273 Å². The van der Waals surface area contributed by atoms with Crippen LogP contribution in [-0.4, -0.2) is 24.3 Å². The Bertz CT molecular complexity index is 1360. The van der Waals surface area contributed by atoms with Crippen molar-refractivity contribution in [2.45, 2.75) is 125 Å². The molecule has 4 nitrogen and oxygen atoms in total. The standard InChI is InChI=1S/C41H60O4/c1-26(2)27(3)10-11-28(4)30-18-20-39(8)34-16-15-33-37(5,6)35(19-21-40(33)25-41(34,40)23-22-38(30,39)7)45-36(43)17-13-29-12-14-31(42)32(24-29)44-9/h12-14,17,24,26,28,30,33-35,42H,3,10-11,15-16,18-23,25H2,1-2,4-9H3/b17-13+/t28?,30-,33?,34?,35+,38-,39?,40-,41+/m1/s1. The molecule has 0 amide bonds. The molecule has 0 bridgehead atoms. The molecular formula is C41H60O4. The summed E-state index contributed by atoms with van der Waals surface area (Å²) in [6.07, 6.45) is 17.5. The Balaban J connectivity index is 1.14. The fourth-order valence-electron chi connectivity index (χ4n) is 12.5. The molecule has 5 aliphatic rings. The topological polar surface area (TPSA) is 55.8 Å². The van der Waals surface area contributed by atoms with Crippen LogP contribution in [0.3, 0.4) is 0 Å². The van der Waals surface area contributed by atoms with E-state index >= 15 is 0 Å². The molecule has 5 saturated carbocycles. The Morgan fingerprint density at radius 1 is 0.978 bits per heavy atom. The van der Waals surface area contributed by atoms with Gasteiger partial charge in [0.1, 0.15) is 6.10 Å². The van der Waals surface area contributed by atoms with E-state index in [4.69, 9.17) is 9.47 Å². The minimum absolute atomic E-state index is 0.0365. The van der Waals surface area contributed by atoms with Gasteiger partial charge < -0.3 is 14.6 Å². The number of phenolic OH excluding ortho intramolecular Hbond substituents is 1. The average molecular weight is 617 g/mol. The van der Waals surface area contributed by atoms with E-state index in [0.29, 0.717) is 39.2 Å². The second-order valence-electron chi connectivity index (χ2n) is 17.5. The molecule has 5 fully saturated rings. The van der Waals surface area contributed by atoms with Crippen molar-refractivity contribution >= 4 is 12.0 Å². The normalized spacial score (nSPS) is 40.2. The molecule has 0 radical (unpaired) electrons. The average Bonchev–Trinajstić information content (AvgIpc) is 3.58. The Hall–Kier alpha value is -2.23. The molecule has 9 atom stereocenters. The molecule has 0 saturated heterocycles. The first-order valence-corrected chi connectivity index (χ1v) is 18.1. The maximum absolute atomic E-state index is 13.1. The van der Waals surface area contributed by atoms with Gasteiger partial charge in [0.05, 0.1) is 7.11 Å². The van der Waals surface area contributed by atoms with Gasteiger partial charge in [0, 0.05) is 11.5 Å². The number of ether oxygens (including phenoxy) is 2. The van der Waals surface area contributed by atoms with Crippen LogP contribution < -0.4 is 4.74 Å². The fourth-order valence-corrected chi connectivity index (χ4v) is 12.5. The number of esters is 1. The van der Waals surface area contributed by atoms with Crippen molar-refractivity contribution < 1.29 is 19.4 Å². The Kier molecular flexibility index (Phi) is 8.13. The molecule has 4 heteroatoms. The van der Waals surface area contributed by atoms with Gasteiger partial charge in [0.25, 0.3) is 0 Å². The molecule has 1 N–H and O–H groups in total. The van der Waals surface area contributed by atoms with E-state index in [2.05, 4.69) is 55.0 Å². The minimum atomic E-state index is -0.278. The smallest absolute Gasteiger partial charge is 0.331 e. The monoisotopic (exact) mass is 616 g/mol. The van der Waals surface area contributed by atoms with Crippen LogP contribution in [0.25, 0.3) is 6.08 Å². The van der Waals surface area contributed by atoms with Crippen molar-refractivity contribution in [3.63, 3.8) is 0 Å². The third-order valence-corrected chi connectivity index (χ3v) is 15.4. The van der Waals surface area contributed by atoms with Gasteiger partial charge in [-0.05, 0) is 146 Å². The molecular weight excluding hydrogens is 556 g/mol. The van der Waals surface area contributed by atoms with Gasteiger partial charge in [-0.3, -0.25) is 0 Å². The van der Waals surface area contributed by atoms with Crippen LogP contribution in [-0.2, 0) is 9.53 Å². The van der Waals surface area contributed by atoms with Gasteiger partial charge >= 0.3 is 5.97 Å². The number of phenols is 1. The second kappa shape index (κ2) is 11.2. The number of fused-ring (bicyclic) bond motifs is 2. The third-order valence-electron chi connectivity index (χ3n) is 15.4. The van der Waals surface area contributed by atoms with Crippen molar-refractivity contribution in [1.82, 2.24) is 0 Å². The SMILES string of the molecule is C=C(CCC(C)[C@H]1CCC2(C)C3CCC4C(C)(C)[C@@H](OC(=O)/C=C/c5ccc(O)c(OC)c5)CC[C@@]45C[C@@]35CC[C@]12C)C(C)C. The lowest BCUT2D eigenvalue weighted by Gasteiger charge is -2.63. The number of rotatable bonds is 9. The summed E-state index contributed by atoms with van der Waals surface area (Å²) in [5, 5.41) is 9.89. The molecule has 5 aliphatic carbocycles. The van der Waals surface area contributed by atoms with E-state index in [1.807, 2.05) is 0 Å². The zero-order valence-electron chi connectivity index (χ0n) is 29.5. The first-order valence-electron chi connectivity index (χ1n) is 18.1. The number of carbonyl (C=O) groups is 1. The predicted octanol–water partition coefficient (Wildman–Crippen LogP) is 10.4. The molecule has 45 heavy (non-hydrogen) atoms. The number of allylic oxidation sites excluding steroid dienone is 1. The van der Waals surface area contributed by atoms with Gasteiger partial charge in [-0.25, -0.2) is 4.79 Å². The van der Waals surface area contributed by atoms with E-state index < -0.39 is 0 Å². The highest BCUT2D eigenvalue weighted by Gasteiger charge is 2.82. The minimum Gasteiger partial charge on any atom is -0.504 e. The van der Waals surface area contributed by atoms with Crippen LogP contribution in [0.1, 0.15) is 125 Å². The maximum atomic E-state index is 13.1. The molecule has 0 aliphatic heterocycles. The van der Waals surface area contributed by atoms with Gasteiger partial charge in [0.15, 0.2) is 11.5 Å². The summed E-state index contributed by atoms with van der Waals surface area (Å²) in [7, 11) is 1.52. The Morgan fingerprint density at radius 2 is 1.69 bits per heavy atom. The number of hydrogen-bond acceptors (Lipinski definition) is 4. The van der Waals surface area contributed by atoms with Crippen molar-refractivity contribution in [3.05, 3.63) is 42.0 Å². The van der Waals surface area contributed by atoms with E-state index in [1.54, 1.807) is 24.3 Å². The van der Waals surface area contributed by atoms with E-state index in [-0.39, 0.29) is 23.2 Å². The third kappa shape index (κ3) is 4.85. The van der Waals surface area contributed by atoms with Gasteiger partial charge in [-0.2, -0.15) is 0 Å². The van der Waals surface area contributed by atoms with Crippen LogP contribution in [0, 0.1) is 56.7 Å². The zero-order valence-corrected chi connectivity index (χ0v) is 29.5. The highest BCUT2D eigenvalue weighted by atomic mass is 16.5. The number of hydrogen-bond donors (Lipinski definition) is 1. The summed E-state index contributed by atoms with van der Waals surface area (Å²) in [6, 6.07) is 5.08. The van der Waals surface area contributed by atoms with Crippen LogP contribution in [0.15, 0.2) is 36.4 Å². The molecule has 0 aromatic heterocycles. The van der Waals surface area contributed by atoms with Crippen LogP contribution in [0.5, 0.6) is 11.5 Å². The molecule has 2 spiro atoms. The van der Waals surface area contributed by atoms with Gasteiger partial charge in [0.2, 0.25) is 0 Å². The fraction of sp³-hybridized carbons (Fsp3) is 0.732. The summed E-state index contributed by atoms with van der Waals surface area (Å²) >= 11 is 0. The highest BCUT2D eigenvalue weighted by Crippen LogP contribution is 2.89. The largest absolute Gasteiger partial charge is 0.504 e. The maximum Gasteiger partial charge on any atom is 0.331 e. The van der Waals surface area contributed by atoms with Crippen LogP contribution in [0.4, 0.5) is 0 Å². The molecule has 248 valence electrons. The highest BCUT2D eigenvalue weighted by molar-refractivity contribution is 5.87. The van der Waals surface area contributed by atoms with Gasteiger partial charge in [-0.1, -0.05) is 66.7 Å². The van der Waals surface area contributed by atoms with Crippen molar-refractivity contribution in [2.75, 3.05) is 7.11 Å². The summed E-state index contributed by atoms with van der Waals surface area (Å²) < 4.78 is 11.5. The molecule has 6 rings (SSSR count). The lowest BCUT2D eigenvalue weighted by Crippen LogP contribution is -2.58. The molecule has 4 unspecified atom stereocenters. The zero-order chi connectivity index (χ0) is 32.6. The van der Waals surface area contributed by atoms with Crippen molar-refractivity contribution in [2.24, 2.45) is 56.7 Å². The van der Waals surface area contributed by atoms with Gasteiger partial charge in [-0.15, -0.1) is 0 Å². The van der Waals surface area contributed by atoms with E-state index in [0.717, 1.165) is 29.7 Å². The van der Waals surface area contributed by atoms with Crippen molar-refractivity contribution in [1.29, 1.82) is 0 Å². The van der Waals surface area contributed by atoms with E-state index in [9.17, 15) is 9.90 Å². The first-order chi connectivity index (χ1) is 21.1. The van der Waals surface area contributed by atoms with E-state index in [1.165, 1.54) is 83.0 Å². The van der Waals surface area contributed by atoms with Crippen LogP contribution >= 0.6 is 0 Å².